The molecule has 0 radical (unpaired) electrons. The summed E-state index contributed by atoms with van der Waals surface area (Å²) in [5.74, 6) is 10.7. The van der Waals surface area contributed by atoms with Gasteiger partial charge in [0.2, 0.25) is 17.2 Å². The average molecular weight is 1330 g/mol. The van der Waals surface area contributed by atoms with Crippen molar-refractivity contribution in [1.82, 2.24) is 16.1 Å². The van der Waals surface area contributed by atoms with Gasteiger partial charge in [0, 0.05) is 50.9 Å². The second-order valence-electron chi connectivity index (χ2n) is 20.4. The molecule has 84 heavy (non-hydrogen) atoms. The van der Waals surface area contributed by atoms with Crippen molar-refractivity contribution in [3.05, 3.63) is 49.8 Å². The summed E-state index contributed by atoms with van der Waals surface area (Å²) in [6.07, 6.45) is -14.6. The number of ether oxygens (including phenoxy) is 12. The molecule has 7 rings (SSSR count). The molecule has 4 saturated heterocycles. The van der Waals surface area contributed by atoms with Gasteiger partial charge in [0.1, 0.15) is 36.6 Å². The van der Waals surface area contributed by atoms with E-state index in [4.69, 9.17) is 61.7 Å². The number of allylic oxidation sites excluding steroid dienone is 3. The number of carbonyl (C=O) groups is 4. The molecule has 1 aromatic carbocycles. The van der Waals surface area contributed by atoms with E-state index in [9.17, 15) is 44.7 Å². The van der Waals surface area contributed by atoms with Gasteiger partial charge < -0.3 is 87.7 Å². The van der Waals surface area contributed by atoms with Crippen LogP contribution in [0.2, 0.25) is 0 Å². The molecule has 6 aliphatic rings. The van der Waals surface area contributed by atoms with E-state index in [1.54, 1.807) is 34.8 Å². The van der Waals surface area contributed by atoms with Crippen molar-refractivity contribution in [2.75, 3.05) is 54.5 Å². The molecule has 28 heteroatoms. The van der Waals surface area contributed by atoms with Crippen LogP contribution >= 0.6 is 46.1 Å². The second kappa shape index (κ2) is 30.3. The van der Waals surface area contributed by atoms with Gasteiger partial charge in [-0.05, 0) is 74.5 Å². The highest BCUT2D eigenvalue weighted by atomic mass is 127. The molecule has 0 unspecified atom stereocenters. The summed E-state index contributed by atoms with van der Waals surface area (Å²) in [7, 11) is 6.72. The van der Waals surface area contributed by atoms with Crippen LogP contribution in [0.25, 0.3) is 0 Å². The maximum Gasteiger partial charge on any atom is 0.411 e. The van der Waals surface area contributed by atoms with Gasteiger partial charge in [0.05, 0.1) is 97.0 Å². The van der Waals surface area contributed by atoms with Crippen LogP contribution in [0.4, 0.5) is 4.79 Å². The molecular weight excluding hydrogens is 1260 g/mol. The van der Waals surface area contributed by atoms with E-state index in [1.165, 1.54) is 46.5 Å². The van der Waals surface area contributed by atoms with Gasteiger partial charge in [0.25, 0.3) is 0 Å². The molecule has 0 saturated carbocycles. The predicted octanol–water partition coefficient (Wildman–Crippen LogP) is 1.82. The number of benzene rings is 1. The second-order valence-corrected chi connectivity index (χ2v) is 23.8. The maximum atomic E-state index is 14.4. The fraction of sp³-hybridized carbons (Fsp3) is 0.643. The Morgan fingerprint density at radius 2 is 1.58 bits per heavy atom. The molecule has 0 spiro atoms. The molecule has 8 N–H and O–H groups in total. The summed E-state index contributed by atoms with van der Waals surface area (Å²) in [6, 6.07) is -1.32. The highest BCUT2D eigenvalue weighted by Gasteiger charge is 2.52. The molecule has 2 bridgehead atoms. The third-order valence-corrected chi connectivity index (χ3v) is 18.3. The molecule has 1 aromatic rings. The number of nitrogens with one attached hydrogen (secondary N) is 3. The van der Waals surface area contributed by atoms with Crippen LogP contribution in [-0.2, 0) is 57.1 Å². The topological polar surface area (TPSA) is 326 Å². The highest BCUT2D eigenvalue weighted by molar-refractivity contribution is 14.1. The Hall–Kier alpha value is -3.97. The Bertz CT molecular complexity index is 2770. The molecule has 2 aliphatic carbocycles. The summed E-state index contributed by atoms with van der Waals surface area (Å²) in [5, 5.41) is 62.2. The molecule has 4 heterocycles. The number of alkyl carbamates (subject to hydrolysis) is 1. The fourth-order valence-corrected chi connectivity index (χ4v) is 12.8. The third-order valence-electron chi connectivity index (χ3n) is 14.9. The van der Waals surface area contributed by atoms with E-state index >= 15 is 0 Å². The van der Waals surface area contributed by atoms with E-state index < -0.39 is 133 Å². The Labute approximate surface area is 509 Å². The molecule has 1 amide bonds. The number of aliphatic hydroxyl groups is 5. The van der Waals surface area contributed by atoms with Crippen molar-refractivity contribution in [3.63, 3.8) is 0 Å². The normalized spacial score (nSPS) is 35.9. The van der Waals surface area contributed by atoms with Gasteiger partial charge in [-0.25, -0.2) is 4.79 Å². The Kier molecular flexibility index (Phi) is 24.4. The molecule has 4 fully saturated rings. The van der Waals surface area contributed by atoms with Crippen LogP contribution in [0.5, 0.6) is 17.2 Å². The van der Waals surface area contributed by atoms with E-state index in [0.717, 1.165) is 30.6 Å². The standard InChI is InChI=1S/C56H74IN3O22S2/c1-12-58-31-24-75-36(22-35(31)70-7)80-49-44(65)41(26(3)77-54(49)79-34-17-15-13-14-16-19-56(69)23-33(63)42(59-55(68)74-11)39(34)30(56)18-20-83-29(6)61)60-82-37-21-32(62)51(28(5)76-37)84-52(67)38-25(2)40(57)47(50(73-10)46(38)71-8)81-53-45(66)48(72-9)43(64)27(4)78-53/h13-14,18,26-28,31-32,34-37,41,43-45,48-49,51,53-54,58,60,62,64-66,69H,12,20-24H2,1-11H3,(H,59,68)/b14-13-,30-18-/t26-,27+,28-,31+,32+,34+,35+,36+,37+,41-,43+,44+,45-,48-,49-,51-,53+,54+,56+/m1/s1. The van der Waals surface area contributed by atoms with Crippen LogP contribution < -0.4 is 30.3 Å². The fourth-order valence-electron chi connectivity index (χ4n) is 10.5. The number of rotatable bonds is 20. The number of hydroxylamine groups is 1. The number of fused-ring (bicyclic) bond motifs is 2. The number of likely N-dealkylation sites (N-methyl/N-ethyl adjacent to an activating group) is 1. The summed E-state index contributed by atoms with van der Waals surface area (Å²) >= 11 is 3.72. The third kappa shape index (κ3) is 15.3. The number of Topliss-reactive ketones (excluding diaryl/α,β-unsaturated/α-hetero) is 1. The number of halogens is 1. The minimum absolute atomic E-state index is 0.0117. The lowest BCUT2D eigenvalue weighted by atomic mass is 9.75. The van der Waals surface area contributed by atoms with Gasteiger partial charge in [-0.1, -0.05) is 60.2 Å². The first-order valence-electron chi connectivity index (χ1n) is 27.1. The SMILES string of the molecule is CCN[C@H]1CO[C@@H](O[C@H]2[C@H](O[C@H]3C#C/C=C\C#C[C@]4(O)CC(=O)C(NC(=O)OC)=C3/C4=C/CSC(C)=O)O[C@H](C)[C@@H](NO[C@H]3C[C@H](O)[C@H](SC(=O)c4c(C)c(I)c(O[C@@H]5O[C@@H](C)[C@H](O)[C@@H](OC)[C@H]5O)c(OC)c4OC)[C@@H](C)O3)[C@@H]2O)C[C@@H]1OC. The van der Waals surface area contributed by atoms with Crippen LogP contribution in [0.1, 0.15) is 69.8 Å². The van der Waals surface area contributed by atoms with Crippen molar-refractivity contribution in [1.29, 1.82) is 0 Å². The zero-order chi connectivity index (χ0) is 61.3. The predicted molar refractivity (Wildman–Crippen MR) is 309 cm³/mol. The number of amides is 1. The first-order valence-corrected chi connectivity index (χ1v) is 30.0. The summed E-state index contributed by atoms with van der Waals surface area (Å²) < 4.78 is 72.3. The maximum absolute atomic E-state index is 14.4. The van der Waals surface area contributed by atoms with Crippen LogP contribution in [0, 0.1) is 34.2 Å². The van der Waals surface area contributed by atoms with Crippen molar-refractivity contribution in [2.24, 2.45) is 0 Å². The monoisotopic (exact) mass is 1330 g/mol. The quantitative estimate of drug-likeness (QED) is 0.0524. The number of thioether (sulfide) groups is 2. The first-order chi connectivity index (χ1) is 40.0. The zero-order valence-corrected chi connectivity index (χ0v) is 52.0. The lowest BCUT2D eigenvalue weighted by Crippen LogP contribution is -2.65. The van der Waals surface area contributed by atoms with Gasteiger partial charge in [-0.15, -0.1) is 0 Å². The molecule has 4 aliphatic heterocycles. The Balaban J connectivity index is 1.12. The Morgan fingerprint density at radius 3 is 2.24 bits per heavy atom. The molecule has 25 nitrogen and oxygen atoms in total. The minimum atomic E-state index is -2.16. The van der Waals surface area contributed by atoms with Crippen molar-refractivity contribution >= 4 is 68.2 Å². The highest BCUT2D eigenvalue weighted by Crippen LogP contribution is 2.49. The lowest BCUT2D eigenvalue weighted by Gasteiger charge is -2.46. The summed E-state index contributed by atoms with van der Waals surface area (Å²) in [5.41, 5.74) is 0.827. The van der Waals surface area contributed by atoms with Gasteiger partial charge in [-0.2, -0.15) is 5.48 Å². The molecular formula is C56H74IN3O22S2. The van der Waals surface area contributed by atoms with Crippen molar-refractivity contribution in [3.8, 4) is 40.9 Å². The largest absolute Gasteiger partial charge is 0.492 e. The summed E-state index contributed by atoms with van der Waals surface area (Å²) in [4.78, 5) is 59.6. The van der Waals surface area contributed by atoms with E-state index in [1.807, 2.05) is 29.5 Å². The van der Waals surface area contributed by atoms with Gasteiger partial charge in [0.15, 0.2) is 46.9 Å². The number of hydrogen-bond donors (Lipinski definition) is 8. The average Bonchev–Trinajstić information content (AvgIpc) is 3.34. The van der Waals surface area contributed by atoms with E-state index in [2.05, 4.69) is 39.8 Å². The number of carbonyl (C=O) groups excluding carboxylic acids is 4. The number of hydrogen-bond acceptors (Lipinski definition) is 26. The number of methoxy groups -OCH3 is 5. The number of aliphatic hydroxyl groups excluding tert-OH is 4. The van der Waals surface area contributed by atoms with Gasteiger partial charge >= 0.3 is 6.09 Å². The van der Waals surface area contributed by atoms with Crippen LogP contribution in [0.15, 0.2) is 35.1 Å². The van der Waals surface area contributed by atoms with Crippen molar-refractivity contribution < 1.29 is 106 Å². The molecule has 0 aromatic heterocycles. The zero-order valence-electron chi connectivity index (χ0n) is 48.2. The van der Waals surface area contributed by atoms with Gasteiger partial charge in [-0.3, -0.25) is 24.5 Å². The van der Waals surface area contributed by atoms with Crippen LogP contribution in [0.3, 0.4) is 0 Å². The summed E-state index contributed by atoms with van der Waals surface area (Å²) in [6.45, 7) is 10.7. The van der Waals surface area contributed by atoms with Crippen molar-refractivity contribution in [2.45, 2.75) is 176 Å². The molecule has 19 atom stereocenters. The lowest BCUT2D eigenvalue weighted by molar-refractivity contribution is -0.336. The van der Waals surface area contributed by atoms with E-state index in [0.29, 0.717) is 15.7 Å². The number of ketones is 1. The first kappa shape index (κ1) is 67.5. The minimum Gasteiger partial charge on any atom is -0.492 e. The molecule has 464 valence electrons. The Morgan fingerprint density at radius 1 is 0.869 bits per heavy atom. The van der Waals surface area contributed by atoms with E-state index in [-0.39, 0.29) is 76.0 Å². The smallest absolute Gasteiger partial charge is 0.411 e. The van der Waals surface area contributed by atoms with Crippen LogP contribution in [-0.4, -0.2) is 217 Å².